The van der Waals surface area contributed by atoms with Crippen molar-refractivity contribution in [2.24, 2.45) is 0 Å². The molecule has 0 aliphatic heterocycles. The Morgan fingerprint density at radius 1 is 1.37 bits per heavy atom. The van der Waals surface area contributed by atoms with Gasteiger partial charge in [-0.05, 0) is 32.9 Å². The Hall–Kier alpha value is -1.68. The first-order valence-corrected chi connectivity index (χ1v) is 6.82. The quantitative estimate of drug-likeness (QED) is 0.866. The summed E-state index contributed by atoms with van der Waals surface area (Å²) in [6.45, 7) is 7.32. The van der Waals surface area contributed by atoms with Crippen LogP contribution in [0.15, 0.2) is 28.8 Å². The van der Waals surface area contributed by atoms with Gasteiger partial charge in [-0.25, -0.2) is 0 Å². The van der Waals surface area contributed by atoms with Gasteiger partial charge in [-0.2, -0.15) is 4.98 Å². The molecule has 0 saturated carbocycles. The van der Waals surface area contributed by atoms with Crippen molar-refractivity contribution in [3.8, 4) is 11.4 Å². The summed E-state index contributed by atoms with van der Waals surface area (Å²) in [7, 11) is 0. The van der Waals surface area contributed by atoms with E-state index in [2.05, 4.69) is 48.4 Å². The fourth-order valence-electron chi connectivity index (χ4n) is 2.05. The highest BCUT2D eigenvalue weighted by molar-refractivity contribution is 5.55. The van der Waals surface area contributed by atoms with E-state index in [1.165, 1.54) is 5.56 Å². The smallest absolute Gasteiger partial charge is 0.227 e. The van der Waals surface area contributed by atoms with Crippen LogP contribution in [-0.4, -0.2) is 22.7 Å². The molecule has 1 unspecified atom stereocenters. The Labute approximate surface area is 114 Å². The third-order valence-electron chi connectivity index (χ3n) is 3.09. The van der Waals surface area contributed by atoms with Crippen LogP contribution in [0.4, 0.5) is 0 Å². The lowest BCUT2D eigenvalue weighted by molar-refractivity contribution is 0.368. The monoisotopic (exact) mass is 259 g/mol. The molecule has 0 fully saturated rings. The van der Waals surface area contributed by atoms with E-state index in [1.807, 2.05) is 12.1 Å². The molecule has 0 radical (unpaired) electrons. The molecule has 0 bridgehead atoms. The zero-order valence-electron chi connectivity index (χ0n) is 11.8. The van der Waals surface area contributed by atoms with Crippen LogP contribution in [0.1, 0.15) is 31.7 Å². The van der Waals surface area contributed by atoms with Gasteiger partial charge in [-0.3, -0.25) is 0 Å². The number of nitrogens with one attached hydrogen (secondary N) is 1. The molecule has 1 N–H and O–H groups in total. The predicted octanol–water partition coefficient (Wildman–Crippen LogP) is 2.98. The van der Waals surface area contributed by atoms with Gasteiger partial charge in [0.05, 0.1) is 0 Å². The maximum absolute atomic E-state index is 5.30. The lowest BCUT2D eigenvalue weighted by atomic mass is 10.1. The minimum Gasteiger partial charge on any atom is -0.339 e. The van der Waals surface area contributed by atoms with E-state index in [-0.39, 0.29) is 0 Å². The molecule has 19 heavy (non-hydrogen) atoms. The van der Waals surface area contributed by atoms with Crippen molar-refractivity contribution in [2.75, 3.05) is 6.54 Å². The average Bonchev–Trinajstić information content (AvgIpc) is 2.85. The first-order valence-electron chi connectivity index (χ1n) is 6.82. The van der Waals surface area contributed by atoms with Crippen molar-refractivity contribution in [1.29, 1.82) is 0 Å². The number of hydrogen-bond donors (Lipinski definition) is 1. The highest BCUT2D eigenvalue weighted by Crippen LogP contribution is 2.17. The van der Waals surface area contributed by atoms with Crippen LogP contribution >= 0.6 is 0 Å². The van der Waals surface area contributed by atoms with Crippen LogP contribution in [-0.2, 0) is 6.42 Å². The van der Waals surface area contributed by atoms with Gasteiger partial charge in [-0.1, -0.05) is 35.8 Å². The predicted molar refractivity (Wildman–Crippen MR) is 75.9 cm³/mol. The summed E-state index contributed by atoms with van der Waals surface area (Å²) >= 11 is 0. The molecule has 4 nitrogen and oxygen atoms in total. The van der Waals surface area contributed by atoms with Gasteiger partial charge < -0.3 is 9.84 Å². The maximum atomic E-state index is 5.30. The van der Waals surface area contributed by atoms with Gasteiger partial charge in [0.25, 0.3) is 0 Å². The topological polar surface area (TPSA) is 51.0 Å². The van der Waals surface area contributed by atoms with E-state index in [1.54, 1.807) is 0 Å². The zero-order chi connectivity index (χ0) is 13.7. The van der Waals surface area contributed by atoms with E-state index >= 15 is 0 Å². The van der Waals surface area contributed by atoms with Crippen LogP contribution in [0.25, 0.3) is 11.4 Å². The van der Waals surface area contributed by atoms with E-state index in [0.29, 0.717) is 17.8 Å². The van der Waals surface area contributed by atoms with Crippen molar-refractivity contribution in [2.45, 2.75) is 39.7 Å². The second-order valence-electron chi connectivity index (χ2n) is 4.88. The van der Waals surface area contributed by atoms with Gasteiger partial charge in [0.2, 0.25) is 11.7 Å². The van der Waals surface area contributed by atoms with Crippen molar-refractivity contribution < 1.29 is 4.52 Å². The molecule has 0 spiro atoms. The third-order valence-corrected chi connectivity index (χ3v) is 3.09. The number of rotatable bonds is 6. The van der Waals surface area contributed by atoms with Gasteiger partial charge in [0.15, 0.2) is 0 Å². The molecule has 2 aromatic rings. The first kappa shape index (κ1) is 13.7. The van der Waals surface area contributed by atoms with Crippen LogP contribution in [0.5, 0.6) is 0 Å². The Bertz CT molecular complexity index is 522. The van der Waals surface area contributed by atoms with Crippen molar-refractivity contribution in [3.63, 3.8) is 0 Å². The molecule has 1 heterocycles. The molecule has 4 heteroatoms. The Kier molecular flexibility index (Phi) is 4.68. The van der Waals surface area contributed by atoms with Gasteiger partial charge in [0, 0.05) is 18.0 Å². The molecule has 0 amide bonds. The SMILES string of the molecule is CCNC(C)CCc1nc(-c2cccc(C)c2)no1. The van der Waals surface area contributed by atoms with Gasteiger partial charge in [0.1, 0.15) is 0 Å². The summed E-state index contributed by atoms with van der Waals surface area (Å²) in [5, 5.41) is 7.42. The highest BCUT2D eigenvalue weighted by atomic mass is 16.5. The number of hydrogen-bond acceptors (Lipinski definition) is 4. The number of aromatic nitrogens is 2. The molecule has 0 aliphatic carbocycles. The number of nitrogens with zero attached hydrogens (tertiary/aromatic N) is 2. The molecule has 0 saturated heterocycles. The second-order valence-corrected chi connectivity index (χ2v) is 4.88. The minimum absolute atomic E-state index is 0.472. The molecule has 102 valence electrons. The summed E-state index contributed by atoms with van der Waals surface area (Å²) in [4.78, 5) is 4.45. The van der Waals surface area contributed by atoms with E-state index in [9.17, 15) is 0 Å². The van der Waals surface area contributed by atoms with E-state index in [4.69, 9.17) is 4.52 Å². The zero-order valence-corrected chi connectivity index (χ0v) is 11.8. The molecule has 1 aromatic carbocycles. The fourth-order valence-corrected chi connectivity index (χ4v) is 2.05. The van der Waals surface area contributed by atoms with Crippen LogP contribution in [0, 0.1) is 6.92 Å². The van der Waals surface area contributed by atoms with Crippen molar-refractivity contribution in [3.05, 3.63) is 35.7 Å². The number of benzene rings is 1. The van der Waals surface area contributed by atoms with Crippen LogP contribution in [0.3, 0.4) is 0 Å². The number of aryl methyl sites for hydroxylation is 2. The summed E-state index contributed by atoms with van der Waals surface area (Å²) in [5.41, 5.74) is 2.21. The van der Waals surface area contributed by atoms with Crippen molar-refractivity contribution >= 4 is 0 Å². The Balaban J connectivity index is 1.99. The third kappa shape index (κ3) is 3.89. The molecule has 2 rings (SSSR count). The van der Waals surface area contributed by atoms with Gasteiger partial charge >= 0.3 is 0 Å². The summed E-state index contributed by atoms with van der Waals surface area (Å²) < 4.78 is 5.30. The summed E-state index contributed by atoms with van der Waals surface area (Å²) in [5.74, 6) is 1.39. The second kappa shape index (κ2) is 6.48. The largest absolute Gasteiger partial charge is 0.339 e. The van der Waals surface area contributed by atoms with Crippen LogP contribution in [0.2, 0.25) is 0 Å². The lowest BCUT2D eigenvalue weighted by Crippen LogP contribution is -2.25. The fraction of sp³-hybridized carbons (Fsp3) is 0.467. The normalized spacial score (nSPS) is 12.6. The summed E-state index contributed by atoms with van der Waals surface area (Å²) in [6.07, 6.45) is 1.82. The Morgan fingerprint density at radius 2 is 2.21 bits per heavy atom. The highest BCUT2D eigenvalue weighted by Gasteiger charge is 2.10. The molecule has 1 aromatic heterocycles. The standard InChI is InChI=1S/C15H21N3O/c1-4-16-12(3)8-9-14-17-15(18-19-14)13-7-5-6-11(2)10-13/h5-7,10,12,16H,4,8-9H2,1-3H3. The molecular weight excluding hydrogens is 238 g/mol. The van der Waals surface area contributed by atoms with Crippen LogP contribution < -0.4 is 5.32 Å². The lowest BCUT2D eigenvalue weighted by Gasteiger charge is -2.09. The first-order chi connectivity index (χ1) is 9.19. The molecule has 1 atom stereocenters. The van der Waals surface area contributed by atoms with Crippen molar-refractivity contribution in [1.82, 2.24) is 15.5 Å². The van der Waals surface area contributed by atoms with Gasteiger partial charge in [-0.15, -0.1) is 0 Å². The van der Waals surface area contributed by atoms with E-state index in [0.717, 1.165) is 24.9 Å². The minimum atomic E-state index is 0.472. The summed E-state index contributed by atoms with van der Waals surface area (Å²) in [6, 6.07) is 8.61. The maximum Gasteiger partial charge on any atom is 0.227 e. The average molecular weight is 259 g/mol. The molecular formula is C15H21N3O. The van der Waals surface area contributed by atoms with E-state index < -0.39 is 0 Å². The Morgan fingerprint density at radius 3 is 2.95 bits per heavy atom. The molecule has 0 aliphatic rings.